The normalized spacial score (nSPS) is 13.6. The van der Waals surface area contributed by atoms with Gasteiger partial charge in [-0.2, -0.15) is 0 Å². The first-order chi connectivity index (χ1) is 39.2. The first-order valence-corrected chi connectivity index (χ1v) is 33.9. The first-order valence-electron chi connectivity index (χ1n) is 33.9. The van der Waals surface area contributed by atoms with Crippen molar-refractivity contribution in [3.05, 3.63) is 134 Å². The number of rotatable bonds is 61. The van der Waals surface area contributed by atoms with Crippen LogP contribution in [0.3, 0.4) is 0 Å². The number of unbranched alkanes of at least 4 members (excludes halogenated alkanes) is 34. The summed E-state index contributed by atoms with van der Waals surface area (Å²) >= 11 is 0. The highest BCUT2D eigenvalue weighted by Gasteiger charge is 2.18. The van der Waals surface area contributed by atoms with E-state index in [9.17, 15) is 15.0 Å². The Morgan fingerprint density at radius 3 is 0.886 bits per heavy atom. The molecule has 0 aromatic heterocycles. The molecular formula is C75H129NO3. The Hall–Kier alpha value is -3.47. The highest BCUT2D eigenvalue weighted by molar-refractivity contribution is 5.76. The lowest BCUT2D eigenvalue weighted by Gasteiger charge is -2.19. The van der Waals surface area contributed by atoms with Gasteiger partial charge >= 0.3 is 0 Å². The number of hydrogen-bond acceptors (Lipinski definition) is 3. The molecule has 0 rings (SSSR count). The third-order valence-corrected chi connectivity index (χ3v) is 14.8. The standard InChI is InChI=1S/C75H129NO3/c1-3-5-7-9-11-13-15-17-19-21-23-25-27-29-31-33-34-35-36-37-38-39-40-41-42-43-45-47-49-51-53-55-57-59-61-63-65-67-69-71-75(79)76-73(72-77)74(78)70-68-66-64-62-60-58-56-54-52-50-48-46-44-32-30-28-26-24-22-20-18-16-14-12-10-8-6-4-2/h5,7,11,13,17,19,23,25,29,31,34-35,37-38,40-41,52,54,60,62,68,70,73-74,77-78H,3-4,6,8-10,12,14-16,18,20-22,24,26-28,30,32-33,36,39,42-51,53,55-59,61,63-67,69,71-72H2,1-2H3,(H,76,79)/b7-5-,13-11-,19-17-,25-23-,31-29-,35-34-,38-37-,41-40-,54-52+,62-60+,70-68+. The Morgan fingerprint density at radius 2 is 0.570 bits per heavy atom. The molecule has 0 aliphatic heterocycles. The van der Waals surface area contributed by atoms with E-state index in [1.54, 1.807) is 6.08 Å². The molecule has 0 saturated carbocycles. The Balaban J connectivity index is 3.57. The fraction of sp³-hybridized carbons (Fsp3) is 0.693. The summed E-state index contributed by atoms with van der Waals surface area (Å²) in [4.78, 5) is 12.5. The smallest absolute Gasteiger partial charge is 0.220 e. The quantitative estimate of drug-likeness (QED) is 0.0420. The Morgan fingerprint density at radius 1 is 0.316 bits per heavy atom. The zero-order chi connectivity index (χ0) is 56.9. The lowest BCUT2D eigenvalue weighted by molar-refractivity contribution is -0.123. The van der Waals surface area contributed by atoms with Gasteiger partial charge in [0.15, 0.2) is 0 Å². The highest BCUT2D eigenvalue weighted by atomic mass is 16.3. The number of allylic oxidation sites excluding steroid dienone is 21. The van der Waals surface area contributed by atoms with E-state index >= 15 is 0 Å². The van der Waals surface area contributed by atoms with Crippen molar-refractivity contribution in [2.75, 3.05) is 6.61 Å². The number of nitrogens with one attached hydrogen (secondary N) is 1. The van der Waals surface area contributed by atoms with Gasteiger partial charge < -0.3 is 15.5 Å². The van der Waals surface area contributed by atoms with Crippen molar-refractivity contribution in [2.24, 2.45) is 0 Å². The minimum absolute atomic E-state index is 0.0805. The van der Waals surface area contributed by atoms with Gasteiger partial charge in [-0.3, -0.25) is 4.79 Å². The summed E-state index contributed by atoms with van der Waals surface area (Å²) in [6, 6.07) is -0.655. The van der Waals surface area contributed by atoms with E-state index in [4.69, 9.17) is 0 Å². The van der Waals surface area contributed by atoms with E-state index in [2.05, 4.69) is 141 Å². The molecule has 0 aromatic rings. The summed E-state index contributed by atoms with van der Waals surface area (Å²) in [5.74, 6) is -0.0805. The Kier molecular flexibility index (Phi) is 65.8. The molecule has 0 spiro atoms. The molecule has 0 aliphatic carbocycles. The van der Waals surface area contributed by atoms with Crippen LogP contribution < -0.4 is 5.32 Å². The van der Waals surface area contributed by atoms with Gasteiger partial charge in [0.2, 0.25) is 5.91 Å². The summed E-state index contributed by atoms with van der Waals surface area (Å²) in [6.07, 6.45) is 107. The van der Waals surface area contributed by atoms with E-state index in [1.165, 1.54) is 205 Å². The molecule has 1 amide bonds. The second-order valence-corrected chi connectivity index (χ2v) is 22.5. The molecule has 0 saturated heterocycles. The van der Waals surface area contributed by atoms with Crippen LogP contribution in [0, 0.1) is 0 Å². The zero-order valence-electron chi connectivity index (χ0n) is 52.1. The molecule has 452 valence electrons. The maximum absolute atomic E-state index is 12.5. The predicted molar refractivity (Wildman–Crippen MR) is 354 cm³/mol. The molecule has 4 nitrogen and oxygen atoms in total. The van der Waals surface area contributed by atoms with Crippen molar-refractivity contribution in [3.8, 4) is 0 Å². The van der Waals surface area contributed by atoms with Gasteiger partial charge in [0.1, 0.15) is 0 Å². The van der Waals surface area contributed by atoms with Crippen LogP contribution in [0.2, 0.25) is 0 Å². The average Bonchev–Trinajstić information content (AvgIpc) is 3.45. The van der Waals surface area contributed by atoms with Gasteiger partial charge in [0.25, 0.3) is 0 Å². The van der Waals surface area contributed by atoms with Crippen molar-refractivity contribution in [3.63, 3.8) is 0 Å². The van der Waals surface area contributed by atoms with Crippen LogP contribution >= 0.6 is 0 Å². The summed E-state index contributed by atoms with van der Waals surface area (Å²) < 4.78 is 0. The molecule has 0 heterocycles. The number of carbonyl (C=O) groups excluding carboxylic acids is 1. The average molecular weight is 1090 g/mol. The van der Waals surface area contributed by atoms with Crippen LogP contribution in [-0.2, 0) is 4.79 Å². The fourth-order valence-corrected chi connectivity index (χ4v) is 9.76. The van der Waals surface area contributed by atoms with E-state index in [-0.39, 0.29) is 12.5 Å². The minimum atomic E-state index is -0.880. The summed E-state index contributed by atoms with van der Waals surface area (Å²) in [5, 5.41) is 23.2. The molecule has 4 heteroatoms. The third kappa shape index (κ3) is 65.2. The molecule has 0 radical (unpaired) electrons. The molecule has 0 aliphatic rings. The third-order valence-electron chi connectivity index (χ3n) is 14.8. The van der Waals surface area contributed by atoms with Crippen LogP contribution in [0.15, 0.2) is 134 Å². The lowest BCUT2D eigenvalue weighted by atomic mass is 10.0. The van der Waals surface area contributed by atoms with Crippen LogP contribution in [-0.4, -0.2) is 34.9 Å². The van der Waals surface area contributed by atoms with Crippen molar-refractivity contribution >= 4 is 5.91 Å². The van der Waals surface area contributed by atoms with Gasteiger partial charge in [0.05, 0.1) is 18.8 Å². The van der Waals surface area contributed by atoms with Gasteiger partial charge in [-0.15, -0.1) is 0 Å². The highest BCUT2D eigenvalue weighted by Crippen LogP contribution is 2.17. The van der Waals surface area contributed by atoms with Gasteiger partial charge in [-0.25, -0.2) is 0 Å². The molecule has 0 aromatic carbocycles. The number of amides is 1. The molecule has 79 heavy (non-hydrogen) atoms. The van der Waals surface area contributed by atoms with E-state index in [0.717, 1.165) is 89.9 Å². The first kappa shape index (κ1) is 75.5. The van der Waals surface area contributed by atoms with Crippen LogP contribution in [0.25, 0.3) is 0 Å². The van der Waals surface area contributed by atoms with Gasteiger partial charge in [-0.1, -0.05) is 334 Å². The molecule has 0 fully saturated rings. The number of aliphatic hydroxyl groups excluding tert-OH is 2. The molecule has 3 N–H and O–H groups in total. The van der Waals surface area contributed by atoms with E-state index < -0.39 is 12.1 Å². The van der Waals surface area contributed by atoms with Crippen molar-refractivity contribution in [1.82, 2.24) is 5.32 Å². The van der Waals surface area contributed by atoms with Crippen molar-refractivity contribution in [2.45, 2.75) is 328 Å². The number of carbonyl (C=O) groups is 1. The SMILES string of the molecule is CC/C=C\C/C=C\C/C=C\C/C=C\C/C=C\C/C=C\C/C=C\C/C=C\CCCCCCCCCCCCCCCCC(=O)NC(CO)C(O)/C=C/CC/C=C/CC/C=C/CCCCCCCCCCCCCCCCCCCC. The van der Waals surface area contributed by atoms with Gasteiger partial charge in [-0.05, 0) is 109 Å². The molecule has 0 bridgehead atoms. The second-order valence-electron chi connectivity index (χ2n) is 22.5. The van der Waals surface area contributed by atoms with Crippen LogP contribution in [0.1, 0.15) is 316 Å². The van der Waals surface area contributed by atoms with Crippen LogP contribution in [0.5, 0.6) is 0 Å². The monoisotopic (exact) mass is 1090 g/mol. The second kappa shape index (κ2) is 68.8. The number of aliphatic hydroxyl groups is 2. The Bertz CT molecular complexity index is 1570. The topological polar surface area (TPSA) is 69.6 Å². The fourth-order valence-electron chi connectivity index (χ4n) is 9.76. The maximum Gasteiger partial charge on any atom is 0.220 e. The van der Waals surface area contributed by atoms with Gasteiger partial charge in [0, 0.05) is 6.42 Å². The predicted octanol–water partition coefficient (Wildman–Crippen LogP) is 23.3. The lowest BCUT2D eigenvalue weighted by Crippen LogP contribution is -2.45. The molecule has 2 atom stereocenters. The summed E-state index contributed by atoms with van der Waals surface area (Å²) in [5.41, 5.74) is 0. The van der Waals surface area contributed by atoms with Crippen LogP contribution in [0.4, 0.5) is 0 Å². The van der Waals surface area contributed by atoms with Crippen molar-refractivity contribution in [1.29, 1.82) is 0 Å². The minimum Gasteiger partial charge on any atom is -0.394 e. The molecule has 2 unspecified atom stereocenters. The van der Waals surface area contributed by atoms with E-state index in [0.29, 0.717) is 6.42 Å². The largest absolute Gasteiger partial charge is 0.394 e. The molecular weight excluding hydrogens is 963 g/mol. The summed E-state index contributed by atoms with van der Waals surface area (Å²) in [7, 11) is 0. The maximum atomic E-state index is 12.5. The Labute approximate surface area is 491 Å². The summed E-state index contributed by atoms with van der Waals surface area (Å²) in [6.45, 7) is 4.20. The van der Waals surface area contributed by atoms with Crippen molar-refractivity contribution < 1.29 is 15.0 Å². The number of hydrogen-bond donors (Lipinski definition) is 3. The zero-order valence-corrected chi connectivity index (χ0v) is 52.1. The van der Waals surface area contributed by atoms with E-state index in [1.807, 2.05) is 6.08 Å².